The Morgan fingerprint density at radius 1 is 1.00 bits per heavy atom. The molecule has 2 amide bonds. The van der Waals surface area contributed by atoms with Crippen molar-refractivity contribution in [1.82, 2.24) is 10.2 Å². The topological polar surface area (TPSA) is 95.9 Å². The van der Waals surface area contributed by atoms with Gasteiger partial charge < -0.3 is 20.1 Å². The maximum Gasteiger partial charge on any atom is 0.407 e. The molecule has 1 saturated carbocycles. The first-order valence-electron chi connectivity index (χ1n) is 10.7. The molecule has 2 unspecified atom stereocenters. The maximum atomic E-state index is 12.8. The molecule has 5 rings (SSSR count). The van der Waals surface area contributed by atoms with Crippen LogP contribution in [0.5, 0.6) is 0 Å². The van der Waals surface area contributed by atoms with Gasteiger partial charge >= 0.3 is 12.1 Å². The number of carboxylic acids is 1. The van der Waals surface area contributed by atoms with Gasteiger partial charge in [-0.05, 0) is 47.4 Å². The number of rotatable bonds is 6. The van der Waals surface area contributed by atoms with E-state index in [0.29, 0.717) is 13.0 Å². The molecular formula is C24H24N2O5. The third-order valence-corrected chi connectivity index (χ3v) is 6.56. The number of carboxylic acid groups (broad SMARTS) is 1. The fourth-order valence-electron chi connectivity index (χ4n) is 4.66. The van der Waals surface area contributed by atoms with E-state index < -0.39 is 24.1 Å². The van der Waals surface area contributed by atoms with Crippen LogP contribution in [0.3, 0.4) is 0 Å². The Bertz CT molecular complexity index is 1000. The van der Waals surface area contributed by atoms with Gasteiger partial charge in [-0.15, -0.1) is 0 Å². The number of aliphatic carboxylic acids is 1. The van der Waals surface area contributed by atoms with E-state index in [0.717, 1.165) is 35.1 Å². The van der Waals surface area contributed by atoms with Crippen molar-refractivity contribution in [2.75, 3.05) is 13.2 Å². The number of hydrogen-bond donors (Lipinski definition) is 2. The number of benzene rings is 2. The molecular weight excluding hydrogens is 396 g/mol. The lowest BCUT2D eigenvalue weighted by Crippen LogP contribution is -2.61. The molecule has 2 aromatic rings. The minimum Gasteiger partial charge on any atom is -0.480 e. The highest BCUT2D eigenvalue weighted by atomic mass is 16.5. The highest BCUT2D eigenvalue weighted by molar-refractivity contribution is 5.91. The number of alkyl carbamates (subject to hydrolysis) is 1. The SMILES string of the molecule is O=C(NC(C(=O)N1CCC1C(=O)O)C1CC1)OCC1c2ccccc2-c2ccccc21. The molecule has 7 nitrogen and oxygen atoms in total. The molecule has 2 N–H and O–H groups in total. The Balaban J connectivity index is 1.26. The zero-order valence-corrected chi connectivity index (χ0v) is 17.0. The number of ether oxygens (including phenoxy) is 1. The molecule has 0 radical (unpaired) electrons. The van der Waals surface area contributed by atoms with Crippen LogP contribution in [0.25, 0.3) is 11.1 Å². The minimum atomic E-state index is -1.00. The van der Waals surface area contributed by atoms with E-state index >= 15 is 0 Å². The summed E-state index contributed by atoms with van der Waals surface area (Å²) in [6.45, 7) is 0.582. The van der Waals surface area contributed by atoms with E-state index in [1.165, 1.54) is 4.90 Å². The Morgan fingerprint density at radius 3 is 2.13 bits per heavy atom. The van der Waals surface area contributed by atoms with E-state index in [-0.39, 0.29) is 24.3 Å². The molecule has 0 bridgehead atoms. The van der Waals surface area contributed by atoms with Crippen LogP contribution < -0.4 is 5.32 Å². The molecule has 1 saturated heterocycles. The average Bonchev–Trinajstić information content (AvgIpc) is 3.52. The molecule has 1 heterocycles. The Hall–Kier alpha value is -3.35. The molecule has 0 aromatic heterocycles. The molecule has 2 atom stereocenters. The smallest absolute Gasteiger partial charge is 0.407 e. The minimum absolute atomic E-state index is 0.0445. The van der Waals surface area contributed by atoms with Crippen molar-refractivity contribution in [3.05, 3.63) is 59.7 Å². The lowest BCUT2D eigenvalue weighted by Gasteiger charge is -2.40. The highest BCUT2D eigenvalue weighted by Gasteiger charge is 2.45. The molecule has 1 aliphatic heterocycles. The van der Waals surface area contributed by atoms with Crippen molar-refractivity contribution in [3.63, 3.8) is 0 Å². The monoisotopic (exact) mass is 420 g/mol. The van der Waals surface area contributed by atoms with Gasteiger partial charge in [-0.3, -0.25) is 4.79 Å². The first kappa shape index (κ1) is 19.6. The largest absolute Gasteiger partial charge is 0.480 e. The predicted molar refractivity (Wildman–Crippen MR) is 112 cm³/mol. The number of hydrogen-bond acceptors (Lipinski definition) is 4. The van der Waals surface area contributed by atoms with E-state index in [4.69, 9.17) is 4.74 Å². The zero-order valence-electron chi connectivity index (χ0n) is 17.0. The van der Waals surface area contributed by atoms with E-state index in [2.05, 4.69) is 17.4 Å². The summed E-state index contributed by atoms with van der Waals surface area (Å²) in [7, 11) is 0. The first-order valence-corrected chi connectivity index (χ1v) is 10.7. The number of likely N-dealkylation sites (tertiary alicyclic amines) is 1. The number of nitrogens with one attached hydrogen (secondary N) is 1. The summed E-state index contributed by atoms with van der Waals surface area (Å²) in [5.74, 6) is -1.34. The fraction of sp³-hybridized carbons (Fsp3) is 0.375. The molecule has 2 fully saturated rings. The quantitative estimate of drug-likeness (QED) is 0.749. The summed E-state index contributed by atoms with van der Waals surface area (Å²) >= 11 is 0. The van der Waals surface area contributed by atoms with Crippen LogP contribution in [-0.2, 0) is 14.3 Å². The lowest BCUT2D eigenvalue weighted by atomic mass is 9.98. The number of fused-ring (bicyclic) bond motifs is 3. The van der Waals surface area contributed by atoms with Crippen molar-refractivity contribution in [2.45, 2.75) is 37.3 Å². The van der Waals surface area contributed by atoms with Crippen LogP contribution in [0.4, 0.5) is 4.79 Å². The Morgan fingerprint density at radius 2 is 1.61 bits per heavy atom. The summed E-state index contributed by atoms with van der Waals surface area (Å²) in [5, 5.41) is 11.9. The van der Waals surface area contributed by atoms with E-state index in [1.807, 2.05) is 36.4 Å². The number of carbonyl (C=O) groups excluding carboxylic acids is 2. The molecule has 31 heavy (non-hydrogen) atoms. The van der Waals surface area contributed by atoms with Gasteiger partial charge in [0.15, 0.2) is 0 Å². The van der Waals surface area contributed by atoms with Gasteiger partial charge in [-0.25, -0.2) is 9.59 Å². The molecule has 2 aromatic carbocycles. The van der Waals surface area contributed by atoms with Crippen LogP contribution in [-0.4, -0.2) is 53.2 Å². The molecule has 3 aliphatic rings. The summed E-state index contributed by atoms with van der Waals surface area (Å²) < 4.78 is 5.57. The first-order chi connectivity index (χ1) is 15.0. The average molecular weight is 420 g/mol. The van der Waals surface area contributed by atoms with Gasteiger partial charge in [0.1, 0.15) is 18.7 Å². The second kappa shape index (κ2) is 7.72. The van der Waals surface area contributed by atoms with Crippen LogP contribution in [0.1, 0.15) is 36.3 Å². The normalized spacial score (nSPS) is 20.3. The third-order valence-electron chi connectivity index (χ3n) is 6.56. The van der Waals surface area contributed by atoms with Crippen LogP contribution in [0.15, 0.2) is 48.5 Å². The van der Waals surface area contributed by atoms with Crippen molar-refractivity contribution < 1.29 is 24.2 Å². The van der Waals surface area contributed by atoms with Gasteiger partial charge in [0.05, 0.1) is 0 Å². The van der Waals surface area contributed by atoms with Gasteiger partial charge in [0, 0.05) is 12.5 Å². The summed E-state index contributed by atoms with van der Waals surface area (Å²) in [6.07, 6.45) is 1.49. The van der Waals surface area contributed by atoms with E-state index in [9.17, 15) is 19.5 Å². The highest BCUT2D eigenvalue weighted by Crippen LogP contribution is 2.44. The van der Waals surface area contributed by atoms with Crippen LogP contribution >= 0.6 is 0 Å². The number of nitrogens with zero attached hydrogens (tertiary/aromatic N) is 1. The van der Waals surface area contributed by atoms with Gasteiger partial charge in [-0.1, -0.05) is 48.5 Å². The lowest BCUT2D eigenvalue weighted by molar-refractivity contribution is -0.158. The summed E-state index contributed by atoms with van der Waals surface area (Å²) in [4.78, 5) is 38.0. The van der Waals surface area contributed by atoms with Crippen molar-refractivity contribution in [3.8, 4) is 11.1 Å². The van der Waals surface area contributed by atoms with E-state index in [1.54, 1.807) is 0 Å². The number of carbonyl (C=O) groups is 3. The standard InChI is InChI=1S/C24H24N2O5/c27-22(26-12-11-20(26)23(28)29)21(14-9-10-14)25-24(30)31-13-19-17-7-3-1-5-15(17)16-6-2-4-8-18(16)19/h1-8,14,19-21H,9-13H2,(H,25,30)(H,28,29). The Labute approximate surface area is 180 Å². The second-order valence-corrected chi connectivity index (χ2v) is 8.46. The maximum absolute atomic E-state index is 12.8. The van der Waals surface area contributed by atoms with Gasteiger partial charge in [0.2, 0.25) is 5.91 Å². The summed E-state index contributed by atoms with van der Waals surface area (Å²) in [6, 6.07) is 14.7. The van der Waals surface area contributed by atoms with Crippen molar-refractivity contribution >= 4 is 18.0 Å². The second-order valence-electron chi connectivity index (χ2n) is 8.46. The van der Waals surface area contributed by atoms with Crippen LogP contribution in [0, 0.1) is 5.92 Å². The summed E-state index contributed by atoms with van der Waals surface area (Å²) in [5.41, 5.74) is 4.54. The van der Waals surface area contributed by atoms with Gasteiger partial charge in [-0.2, -0.15) is 0 Å². The van der Waals surface area contributed by atoms with Crippen LogP contribution in [0.2, 0.25) is 0 Å². The van der Waals surface area contributed by atoms with Crippen molar-refractivity contribution in [2.24, 2.45) is 5.92 Å². The Kier molecular flexibility index (Phi) is 4.88. The third kappa shape index (κ3) is 3.54. The predicted octanol–water partition coefficient (Wildman–Crippen LogP) is 2.99. The zero-order chi connectivity index (χ0) is 21.5. The fourth-order valence-corrected chi connectivity index (χ4v) is 4.66. The van der Waals surface area contributed by atoms with Gasteiger partial charge in [0.25, 0.3) is 0 Å². The molecule has 160 valence electrons. The molecule has 7 heteroatoms. The molecule has 0 spiro atoms. The molecule has 2 aliphatic carbocycles. The van der Waals surface area contributed by atoms with Crippen molar-refractivity contribution in [1.29, 1.82) is 0 Å². The number of amides is 2.